The molecule has 8 nitrogen and oxygen atoms in total. The average Bonchev–Trinajstić information content (AvgIpc) is 2.73. The number of anilines is 1. The Hall–Kier alpha value is -2.16. The minimum atomic E-state index is -0.474. The number of nitrogens with one attached hydrogen (secondary N) is 2. The second-order valence-corrected chi connectivity index (χ2v) is 8.94. The van der Waals surface area contributed by atoms with Crippen molar-refractivity contribution in [2.75, 3.05) is 19.0 Å². The van der Waals surface area contributed by atoms with E-state index in [9.17, 15) is 4.79 Å². The summed E-state index contributed by atoms with van der Waals surface area (Å²) in [5, 5.41) is 7.34. The molecule has 1 aliphatic rings. The van der Waals surface area contributed by atoms with E-state index in [2.05, 4.69) is 25.6 Å². The third-order valence-corrected chi connectivity index (χ3v) is 5.70. The molecule has 2 atom stereocenters. The second-order valence-electron chi connectivity index (χ2n) is 8.94. The zero-order chi connectivity index (χ0) is 22.6. The Bertz CT molecular complexity index is 979. The fraction of sp³-hybridized carbons (Fsp3) is 0.565. The van der Waals surface area contributed by atoms with Crippen LogP contribution in [0.1, 0.15) is 62.6 Å². The first-order chi connectivity index (χ1) is 14.7. The van der Waals surface area contributed by atoms with E-state index in [1.165, 1.54) is 0 Å². The Morgan fingerprint density at radius 1 is 1.24 bits per heavy atom. The van der Waals surface area contributed by atoms with Crippen LogP contribution in [0.4, 0.5) is 5.82 Å². The van der Waals surface area contributed by atoms with Crippen LogP contribution in [0.2, 0.25) is 0 Å². The lowest BCUT2D eigenvalue weighted by Crippen LogP contribution is -2.40. The minimum Gasteiger partial charge on any atom is -0.388 e. The van der Waals surface area contributed by atoms with Gasteiger partial charge in [-0.3, -0.25) is 9.79 Å². The Morgan fingerprint density at radius 2 is 1.94 bits per heavy atom. The number of carbonyl (C=O) groups excluding carboxylic acids is 1. The first kappa shape index (κ1) is 28.9. The molecule has 1 amide bonds. The largest absolute Gasteiger partial charge is 0.388 e. The van der Waals surface area contributed by atoms with Crippen LogP contribution >= 0.6 is 24.8 Å². The van der Waals surface area contributed by atoms with Crippen LogP contribution in [0, 0.1) is 6.92 Å². The number of nitrogens with two attached hydrogens (primary N) is 1. The third-order valence-electron chi connectivity index (χ3n) is 5.70. The van der Waals surface area contributed by atoms with Crippen LogP contribution < -0.4 is 16.4 Å². The van der Waals surface area contributed by atoms with Crippen molar-refractivity contribution in [3.8, 4) is 0 Å². The summed E-state index contributed by atoms with van der Waals surface area (Å²) >= 11 is 0. The van der Waals surface area contributed by atoms with E-state index in [4.69, 9.17) is 10.5 Å². The predicted molar refractivity (Wildman–Crippen MR) is 139 cm³/mol. The molecule has 0 aliphatic heterocycles. The van der Waals surface area contributed by atoms with Crippen LogP contribution in [0.15, 0.2) is 23.2 Å². The average molecular weight is 499 g/mol. The summed E-state index contributed by atoms with van der Waals surface area (Å²) in [4.78, 5) is 26.6. The Kier molecular flexibility index (Phi) is 10.8. The molecule has 1 aromatic heterocycles. The van der Waals surface area contributed by atoms with E-state index in [1.54, 1.807) is 7.11 Å². The van der Waals surface area contributed by atoms with Gasteiger partial charge in [0.05, 0.1) is 23.0 Å². The number of fused-ring (bicyclic) bond motifs is 1. The molecular weight excluding hydrogens is 463 g/mol. The maximum absolute atomic E-state index is 12.8. The number of hydrogen-bond acceptors (Lipinski definition) is 6. The minimum absolute atomic E-state index is 0. The molecule has 10 heteroatoms. The number of halogens is 2. The van der Waals surface area contributed by atoms with Gasteiger partial charge in [0.25, 0.3) is 5.91 Å². The zero-order valence-electron chi connectivity index (χ0n) is 20.0. The molecular formula is C23H36Cl2N6O2. The third kappa shape index (κ3) is 7.69. The molecule has 33 heavy (non-hydrogen) atoms. The van der Waals surface area contributed by atoms with Crippen molar-refractivity contribution >= 4 is 53.3 Å². The van der Waals surface area contributed by atoms with Crippen molar-refractivity contribution < 1.29 is 9.53 Å². The smallest absolute Gasteiger partial charge is 0.289 e. The molecule has 1 aliphatic carbocycles. The number of hydrogen-bond donors (Lipinski definition) is 3. The van der Waals surface area contributed by atoms with Crippen molar-refractivity contribution in [3.05, 3.63) is 29.6 Å². The number of aromatic nitrogens is 2. The SMILES string of the molecule is COC(C)(C)CNC(=O)c1nc(N[C@H]2CCCC[C@H]2N=C(C)N)c2cc(C)ccc2n1.Cl.Cl. The lowest BCUT2D eigenvalue weighted by atomic mass is 9.90. The van der Waals surface area contributed by atoms with E-state index in [0.717, 1.165) is 42.1 Å². The van der Waals surface area contributed by atoms with E-state index < -0.39 is 5.60 Å². The number of carbonyl (C=O) groups is 1. The number of aryl methyl sites for hydroxylation is 1. The highest BCUT2D eigenvalue weighted by Gasteiger charge is 2.26. The molecule has 0 radical (unpaired) electrons. The molecule has 0 spiro atoms. The van der Waals surface area contributed by atoms with E-state index in [0.29, 0.717) is 18.2 Å². The molecule has 3 rings (SSSR count). The van der Waals surface area contributed by atoms with Gasteiger partial charge in [-0.15, -0.1) is 24.8 Å². The summed E-state index contributed by atoms with van der Waals surface area (Å²) < 4.78 is 5.38. The molecule has 1 heterocycles. The summed E-state index contributed by atoms with van der Waals surface area (Å²) in [7, 11) is 1.62. The van der Waals surface area contributed by atoms with Crippen LogP contribution in [-0.4, -0.2) is 53.1 Å². The highest BCUT2D eigenvalue weighted by molar-refractivity contribution is 5.96. The number of amides is 1. The van der Waals surface area contributed by atoms with Gasteiger partial charge in [0.2, 0.25) is 5.82 Å². The first-order valence-electron chi connectivity index (χ1n) is 10.9. The lowest BCUT2D eigenvalue weighted by Gasteiger charge is -2.30. The highest BCUT2D eigenvalue weighted by Crippen LogP contribution is 2.28. The topological polar surface area (TPSA) is 115 Å². The normalized spacial score (nSPS) is 18.8. The van der Waals surface area contributed by atoms with E-state index in [-0.39, 0.29) is 48.6 Å². The fourth-order valence-corrected chi connectivity index (χ4v) is 3.77. The van der Waals surface area contributed by atoms with Crippen molar-refractivity contribution in [2.45, 2.75) is 71.1 Å². The zero-order valence-corrected chi connectivity index (χ0v) is 21.6. The van der Waals surface area contributed by atoms with Crippen LogP contribution in [-0.2, 0) is 4.74 Å². The monoisotopic (exact) mass is 498 g/mol. The number of aliphatic imine (C=N–C) groups is 1. The summed E-state index contributed by atoms with van der Waals surface area (Å²) in [6, 6.07) is 6.15. The number of rotatable bonds is 7. The molecule has 0 bridgehead atoms. The standard InChI is InChI=1S/C23H34N6O2.2ClH/c1-14-10-11-17-16(12-14)20(28-19-9-7-6-8-18(19)26-15(2)24)29-21(27-17)22(30)25-13-23(3,4)31-5;;/h10-12,18-19H,6-9,13H2,1-5H3,(H2,24,26)(H,25,30)(H,27,28,29);2*1H/t18-,19+;;/m1../s1. The van der Waals surface area contributed by atoms with Gasteiger partial charge < -0.3 is 21.1 Å². The predicted octanol–water partition coefficient (Wildman–Crippen LogP) is 4.04. The fourth-order valence-electron chi connectivity index (χ4n) is 3.77. The van der Waals surface area contributed by atoms with Crippen molar-refractivity contribution in [1.29, 1.82) is 0 Å². The first-order valence-corrected chi connectivity index (χ1v) is 10.9. The van der Waals surface area contributed by atoms with E-state index in [1.807, 2.05) is 45.9 Å². The summed E-state index contributed by atoms with van der Waals surface area (Å²) in [5.74, 6) is 1.05. The number of methoxy groups -OCH3 is 1. The maximum Gasteiger partial charge on any atom is 0.289 e. The van der Waals surface area contributed by atoms with Gasteiger partial charge in [-0.1, -0.05) is 24.5 Å². The Morgan fingerprint density at radius 3 is 2.61 bits per heavy atom. The quantitative estimate of drug-likeness (QED) is 0.391. The van der Waals surface area contributed by atoms with Crippen LogP contribution in [0.25, 0.3) is 10.9 Å². The maximum atomic E-state index is 12.8. The number of amidine groups is 1. The van der Waals surface area contributed by atoms with Gasteiger partial charge in [0.15, 0.2) is 0 Å². The van der Waals surface area contributed by atoms with Gasteiger partial charge in [-0.2, -0.15) is 0 Å². The summed E-state index contributed by atoms with van der Waals surface area (Å²) in [6.07, 6.45) is 4.21. The number of benzene rings is 1. The highest BCUT2D eigenvalue weighted by atomic mass is 35.5. The molecule has 1 saturated carbocycles. The van der Waals surface area contributed by atoms with Gasteiger partial charge >= 0.3 is 0 Å². The molecule has 1 aromatic carbocycles. The summed E-state index contributed by atoms with van der Waals surface area (Å²) in [6.45, 7) is 8.03. The van der Waals surface area contributed by atoms with Crippen molar-refractivity contribution in [2.24, 2.45) is 10.7 Å². The molecule has 2 aromatic rings. The van der Waals surface area contributed by atoms with E-state index >= 15 is 0 Å². The lowest BCUT2D eigenvalue weighted by molar-refractivity contribution is 0.0227. The second kappa shape index (κ2) is 12.3. The van der Waals surface area contributed by atoms with Gasteiger partial charge in [0.1, 0.15) is 5.82 Å². The molecule has 0 saturated heterocycles. The number of ether oxygens (including phenoxy) is 1. The Labute approximate surface area is 208 Å². The number of nitrogens with zero attached hydrogens (tertiary/aromatic N) is 3. The molecule has 0 unspecified atom stereocenters. The Balaban J connectivity index is 0.00000272. The van der Waals surface area contributed by atoms with Gasteiger partial charge in [0, 0.05) is 25.1 Å². The van der Waals surface area contributed by atoms with Gasteiger partial charge in [-0.25, -0.2) is 9.97 Å². The van der Waals surface area contributed by atoms with Crippen LogP contribution in [0.3, 0.4) is 0 Å². The molecule has 4 N–H and O–H groups in total. The van der Waals surface area contributed by atoms with Crippen molar-refractivity contribution in [1.82, 2.24) is 15.3 Å². The van der Waals surface area contributed by atoms with Crippen molar-refractivity contribution in [3.63, 3.8) is 0 Å². The molecule has 1 fully saturated rings. The summed E-state index contributed by atoms with van der Waals surface area (Å²) in [5.41, 5.74) is 7.23. The molecule has 184 valence electrons. The van der Waals surface area contributed by atoms with Crippen LogP contribution in [0.5, 0.6) is 0 Å². The van der Waals surface area contributed by atoms with Gasteiger partial charge in [-0.05, 0) is 52.7 Å².